The van der Waals surface area contributed by atoms with Crippen LogP contribution < -0.4 is 10.1 Å². The molecule has 3 rings (SSSR count). The molecular formula is C19H18FNO4. The molecule has 0 fully saturated rings. The van der Waals surface area contributed by atoms with E-state index in [1.807, 2.05) is 0 Å². The van der Waals surface area contributed by atoms with Crippen molar-refractivity contribution >= 4 is 11.9 Å². The number of halogens is 1. The number of carboxylic acids is 1. The lowest BCUT2D eigenvalue weighted by Gasteiger charge is -2.27. The number of benzene rings is 2. The standard InChI is InChI=1S/C19H18FNO4/c20-15-3-1-2-14-16(10-11-25-18(14)15)21-17(22)9-6-12-4-7-13(8-5-12)19(23)24/h1-5,7-8,16H,6,9-11H2,(H,21,22)(H,23,24)/t16-/m1/s1. The Kier molecular flexibility index (Phi) is 4.97. The maximum Gasteiger partial charge on any atom is 0.335 e. The highest BCUT2D eigenvalue weighted by Crippen LogP contribution is 2.34. The SMILES string of the molecule is O=C(CCc1ccc(C(=O)O)cc1)N[C@@H]1CCOc2c(F)cccc21. The van der Waals surface area contributed by atoms with Gasteiger partial charge in [-0.05, 0) is 30.2 Å². The quantitative estimate of drug-likeness (QED) is 0.875. The number of aryl methyl sites for hydroxylation is 1. The van der Waals surface area contributed by atoms with Crippen LogP contribution in [0.15, 0.2) is 42.5 Å². The van der Waals surface area contributed by atoms with Gasteiger partial charge in [-0.3, -0.25) is 4.79 Å². The number of carboxylic acid groups (broad SMARTS) is 1. The first-order valence-corrected chi connectivity index (χ1v) is 8.07. The number of carbonyl (C=O) groups excluding carboxylic acids is 1. The van der Waals surface area contributed by atoms with Crippen LogP contribution in [-0.2, 0) is 11.2 Å². The maximum atomic E-state index is 13.8. The number of nitrogens with one attached hydrogen (secondary N) is 1. The highest BCUT2D eigenvalue weighted by atomic mass is 19.1. The van der Waals surface area contributed by atoms with Crippen LogP contribution in [0.25, 0.3) is 0 Å². The zero-order valence-corrected chi connectivity index (χ0v) is 13.5. The molecule has 2 N–H and O–H groups in total. The Balaban J connectivity index is 1.59. The third-order valence-electron chi connectivity index (χ3n) is 4.20. The van der Waals surface area contributed by atoms with Crippen LogP contribution in [-0.4, -0.2) is 23.6 Å². The van der Waals surface area contributed by atoms with Gasteiger partial charge in [0.1, 0.15) is 0 Å². The number of fused-ring (bicyclic) bond motifs is 1. The second-order valence-corrected chi connectivity index (χ2v) is 5.92. The number of hydrogen-bond acceptors (Lipinski definition) is 3. The van der Waals surface area contributed by atoms with E-state index in [0.717, 1.165) is 5.56 Å². The van der Waals surface area contributed by atoms with E-state index in [4.69, 9.17) is 9.84 Å². The van der Waals surface area contributed by atoms with Crippen LogP contribution in [0.2, 0.25) is 0 Å². The minimum absolute atomic E-state index is 0.135. The molecule has 0 aliphatic carbocycles. The molecule has 1 heterocycles. The summed E-state index contributed by atoms with van der Waals surface area (Å²) < 4.78 is 19.1. The van der Waals surface area contributed by atoms with E-state index in [1.165, 1.54) is 18.2 Å². The normalized spacial score (nSPS) is 15.8. The molecule has 2 aromatic carbocycles. The maximum absolute atomic E-state index is 13.8. The first-order valence-electron chi connectivity index (χ1n) is 8.07. The second kappa shape index (κ2) is 7.34. The Hall–Kier alpha value is -2.89. The van der Waals surface area contributed by atoms with Gasteiger partial charge in [-0.15, -0.1) is 0 Å². The van der Waals surface area contributed by atoms with Crippen LogP contribution in [0, 0.1) is 5.82 Å². The van der Waals surface area contributed by atoms with Crippen molar-refractivity contribution in [1.82, 2.24) is 5.32 Å². The van der Waals surface area contributed by atoms with Crippen molar-refractivity contribution < 1.29 is 23.8 Å². The highest BCUT2D eigenvalue weighted by Gasteiger charge is 2.25. The van der Waals surface area contributed by atoms with E-state index in [1.54, 1.807) is 24.3 Å². The van der Waals surface area contributed by atoms with Crippen LogP contribution in [0.1, 0.15) is 40.4 Å². The molecule has 130 valence electrons. The van der Waals surface area contributed by atoms with Gasteiger partial charge in [0.15, 0.2) is 11.6 Å². The van der Waals surface area contributed by atoms with Crippen LogP contribution in [0.3, 0.4) is 0 Å². The van der Waals surface area contributed by atoms with Crippen LogP contribution in [0.5, 0.6) is 5.75 Å². The Morgan fingerprint density at radius 2 is 1.96 bits per heavy atom. The summed E-state index contributed by atoms with van der Waals surface area (Å²) >= 11 is 0. The fourth-order valence-corrected chi connectivity index (χ4v) is 2.87. The fraction of sp³-hybridized carbons (Fsp3) is 0.263. The molecule has 0 radical (unpaired) electrons. The van der Waals surface area contributed by atoms with Gasteiger partial charge in [0, 0.05) is 18.4 Å². The van der Waals surface area contributed by atoms with Crippen molar-refractivity contribution in [2.24, 2.45) is 0 Å². The van der Waals surface area contributed by atoms with E-state index in [-0.39, 0.29) is 29.7 Å². The Labute approximate surface area is 144 Å². The molecule has 5 nitrogen and oxygen atoms in total. The molecule has 0 saturated carbocycles. The first kappa shape index (κ1) is 17.0. The zero-order valence-electron chi connectivity index (χ0n) is 13.5. The Morgan fingerprint density at radius 3 is 2.68 bits per heavy atom. The van der Waals surface area contributed by atoms with E-state index < -0.39 is 11.8 Å². The van der Waals surface area contributed by atoms with Gasteiger partial charge in [0.25, 0.3) is 0 Å². The van der Waals surface area contributed by atoms with Crippen molar-refractivity contribution in [3.05, 3.63) is 65.0 Å². The molecule has 1 atom stereocenters. The summed E-state index contributed by atoms with van der Waals surface area (Å²) in [6, 6.07) is 10.9. The lowest BCUT2D eigenvalue weighted by atomic mass is 9.99. The van der Waals surface area contributed by atoms with E-state index >= 15 is 0 Å². The molecule has 1 amide bonds. The molecular weight excluding hydrogens is 325 g/mol. The molecule has 6 heteroatoms. The lowest BCUT2D eigenvalue weighted by molar-refractivity contribution is -0.122. The van der Waals surface area contributed by atoms with Gasteiger partial charge in [0.05, 0.1) is 18.2 Å². The summed E-state index contributed by atoms with van der Waals surface area (Å²) in [4.78, 5) is 23.0. The minimum atomic E-state index is -0.977. The highest BCUT2D eigenvalue weighted by molar-refractivity contribution is 5.87. The van der Waals surface area contributed by atoms with Crippen molar-refractivity contribution in [2.75, 3.05) is 6.61 Å². The topological polar surface area (TPSA) is 75.6 Å². The van der Waals surface area contributed by atoms with Crippen molar-refractivity contribution in [1.29, 1.82) is 0 Å². The monoisotopic (exact) mass is 343 g/mol. The average Bonchev–Trinajstić information content (AvgIpc) is 2.61. The number of ether oxygens (including phenoxy) is 1. The summed E-state index contributed by atoms with van der Waals surface area (Å²) in [6.45, 7) is 0.357. The lowest BCUT2D eigenvalue weighted by Crippen LogP contribution is -2.32. The van der Waals surface area contributed by atoms with E-state index in [0.29, 0.717) is 25.0 Å². The molecule has 2 aromatic rings. The number of hydrogen-bond donors (Lipinski definition) is 2. The zero-order chi connectivity index (χ0) is 17.8. The smallest absolute Gasteiger partial charge is 0.335 e. The Bertz CT molecular complexity index is 789. The summed E-state index contributed by atoms with van der Waals surface area (Å²) in [7, 11) is 0. The molecule has 0 spiro atoms. The molecule has 0 unspecified atom stereocenters. The van der Waals surface area contributed by atoms with Gasteiger partial charge in [-0.1, -0.05) is 24.3 Å². The third-order valence-corrected chi connectivity index (χ3v) is 4.20. The van der Waals surface area contributed by atoms with Crippen LogP contribution >= 0.6 is 0 Å². The number of aromatic carboxylic acids is 1. The van der Waals surface area contributed by atoms with Gasteiger partial charge in [0.2, 0.25) is 5.91 Å². The largest absolute Gasteiger partial charge is 0.490 e. The predicted molar refractivity (Wildman–Crippen MR) is 89.1 cm³/mol. The third kappa shape index (κ3) is 3.96. The van der Waals surface area contributed by atoms with Gasteiger partial charge in [-0.25, -0.2) is 9.18 Å². The number of rotatable bonds is 5. The van der Waals surface area contributed by atoms with Gasteiger partial charge >= 0.3 is 5.97 Å². The number of carbonyl (C=O) groups is 2. The van der Waals surface area contributed by atoms with Gasteiger partial charge < -0.3 is 15.2 Å². The first-order chi connectivity index (χ1) is 12.0. The number of para-hydroxylation sites is 1. The molecule has 1 aliphatic heterocycles. The summed E-state index contributed by atoms with van der Waals surface area (Å²) in [5.74, 6) is -1.32. The molecule has 1 aliphatic rings. The van der Waals surface area contributed by atoms with Crippen molar-refractivity contribution in [3.8, 4) is 5.75 Å². The van der Waals surface area contributed by atoms with Crippen molar-refractivity contribution in [2.45, 2.75) is 25.3 Å². The van der Waals surface area contributed by atoms with E-state index in [2.05, 4.69) is 5.32 Å². The van der Waals surface area contributed by atoms with Crippen LogP contribution in [0.4, 0.5) is 4.39 Å². The summed E-state index contributed by atoms with van der Waals surface area (Å²) in [5.41, 5.74) is 1.76. The summed E-state index contributed by atoms with van der Waals surface area (Å²) in [6.07, 6.45) is 1.37. The Morgan fingerprint density at radius 1 is 1.20 bits per heavy atom. The van der Waals surface area contributed by atoms with Gasteiger partial charge in [-0.2, -0.15) is 0 Å². The molecule has 0 saturated heterocycles. The second-order valence-electron chi connectivity index (χ2n) is 5.92. The molecule has 0 aromatic heterocycles. The average molecular weight is 343 g/mol. The predicted octanol–water partition coefficient (Wildman–Crippen LogP) is 3.10. The molecule has 25 heavy (non-hydrogen) atoms. The van der Waals surface area contributed by atoms with E-state index in [9.17, 15) is 14.0 Å². The minimum Gasteiger partial charge on any atom is -0.490 e. The fourth-order valence-electron chi connectivity index (χ4n) is 2.87. The van der Waals surface area contributed by atoms with Crippen molar-refractivity contribution in [3.63, 3.8) is 0 Å². The number of amides is 1. The summed E-state index contributed by atoms with van der Waals surface area (Å²) in [5, 5.41) is 11.8. The molecule has 0 bridgehead atoms.